The van der Waals surface area contributed by atoms with Gasteiger partial charge in [0, 0.05) is 25.2 Å². The molecular formula is C14H19ClN2O3. The van der Waals surface area contributed by atoms with E-state index in [1.54, 1.807) is 0 Å². The van der Waals surface area contributed by atoms with E-state index in [4.69, 9.17) is 16.3 Å². The van der Waals surface area contributed by atoms with Gasteiger partial charge in [-0.2, -0.15) is 0 Å². The van der Waals surface area contributed by atoms with Crippen molar-refractivity contribution in [3.8, 4) is 5.75 Å². The number of nitrogens with one attached hydrogen (secondary N) is 1. The van der Waals surface area contributed by atoms with Crippen molar-refractivity contribution in [3.05, 3.63) is 28.8 Å². The van der Waals surface area contributed by atoms with Crippen LogP contribution in [0.5, 0.6) is 5.75 Å². The van der Waals surface area contributed by atoms with Gasteiger partial charge < -0.3 is 15.2 Å². The highest BCUT2D eigenvalue weighted by atomic mass is 35.5. The summed E-state index contributed by atoms with van der Waals surface area (Å²) >= 11 is 5.78. The van der Waals surface area contributed by atoms with Gasteiger partial charge in [0.05, 0.1) is 17.7 Å². The van der Waals surface area contributed by atoms with E-state index >= 15 is 0 Å². The smallest absolute Gasteiger partial charge is 0.251 e. The zero-order chi connectivity index (χ0) is 14.5. The van der Waals surface area contributed by atoms with E-state index < -0.39 is 0 Å². The zero-order valence-electron chi connectivity index (χ0n) is 11.4. The van der Waals surface area contributed by atoms with Crippen molar-refractivity contribution in [3.63, 3.8) is 0 Å². The number of carbonyl (C=O) groups excluding carboxylic acids is 1. The van der Waals surface area contributed by atoms with Crippen LogP contribution < -0.4 is 5.32 Å². The normalized spacial score (nSPS) is 19.8. The molecule has 0 saturated carbocycles. The zero-order valence-corrected chi connectivity index (χ0v) is 12.2. The number of hydrogen-bond acceptors (Lipinski definition) is 4. The Balaban J connectivity index is 1.87. The van der Waals surface area contributed by atoms with Gasteiger partial charge in [-0.1, -0.05) is 18.5 Å². The van der Waals surface area contributed by atoms with Crippen molar-refractivity contribution < 1.29 is 14.6 Å². The van der Waals surface area contributed by atoms with Crippen LogP contribution in [0.2, 0.25) is 5.02 Å². The second-order valence-corrected chi connectivity index (χ2v) is 5.17. The average molecular weight is 299 g/mol. The number of halogens is 1. The minimum Gasteiger partial charge on any atom is -0.506 e. The minimum absolute atomic E-state index is 0.0141. The Labute approximate surface area is 123 Å². The number of phenolic OH excluding ortho intramolecular Hbond substituents is 1. The van der Waals surface area contributed by atoms with Crippen LogP contribution in [-0.4, -0.2) is 54.8 Å². The maximum atomic E-state index is 12.0. The molecule has 1 aliphatic heterocycles. The van der Waals surface area contributed by atoms with Crippen molar-refractivity contribution in [1.82, 2.24) is 10.2 Å². The largest absolute Gasteiger partial charge is 0.506 e. The molecule has 0 radical (unpaired) electrons. The highest BCUT2D eigenvalue weighted by Crippen LogP contribution is 2.23. The summed E-state index contributed by atoms with van der Waals surface area (Å²) in [7, 11) is 0. The summed E-state index contributed by atoms with van der Waals surface area (Å²) < 4.78 is 5.62. The minimum atomic E-state index is -0.218. The number of aromatic hydroxyl groups is 1. The molecule has 5 nitrogen and oxygen atoms in total. The lowest BCUT2D eigenvalue weighted by Crippen LogP contribution is -2.47. The topological polar surface area (TPSA) is 61.8 Å². The number of morpholine rings is 1. The summed E-state index contributed by atoms with van der Waals surface area (Å²) in [6.45, 7) is 6.02. The second-order valence-electron chi connectivity index (χ2n) is 4.76. The van der Waals surface area contributed by atoms with Gasteiger partial charge in [-0.3, -0.25) is 9.69 Å². The molecular weight excluding hydrogens is 280 g/mol. The summed E-state index contributed by atoms with van der Waals surface area (Å²) in [4.78, 5) is 14.3. The lowest BCUT2D eigenvalue weighted by Gasteiger charge is -2.32. The molecule has 2 N–H and O–H groups in total. The van der Waals surface area contributed by atoms with Crippen molar-refractivity contribution in [1.29, 1.82) is 0 Å². The van der Waals surface area contributed by atoms with Gasteiger partial charge in [-0.15, -0.1) is 0 Å². The Hall–Kier alpha value is -1.30. The predicted octanol–water partition coefficient (Wildman–Crippen LogP) is 1.50. The van der Waals surface area contributed by atoms with Gasteiger partial charge >= 0.3 is 0 Å². The summed E-state index contributed by atoms with van der Waals surface area (Å²) in [5, 5.41) is 12.3. The van der Waals surface area contributed by atoms with Crippen molar-refractivity contribution >= 4 is 17.5 Å². The lowest BCUT2D eigenvalue weighted by atomic mass is 10.2. The van der Waals surface area contributed by atoms with Gasteiger partial charge in [0.2, 0.25) is 0 Å². The molecule has 1 aromatic rings. The highest BCUT2D eigenvalue weighted by molar-refractivity contribution is 6.32. The predicted molar refractivity (Wildman–Crippen MR) is 77.3 cm³/mol. The van der Waals surface area contributed by atoms with E-state index in [0.717, 1.165) is 19.6 Å². The molecule has 1 aliphatic rings. The number of likely N-dealkylation sites (N-methyl/N-ethyl adjacent to an activating group) is 1. The monoisotopic (exact) mass is 298 g/mol. The third-order valence-corrected chi connectivity index (χ3v) is 3.67. The fourth-order valence-corrected chi connectivity index (χ4v) is 2.33. The first-order chi connectivity index (χ1) is 9.60. The van der Waals surface area contributed by atoms with Gasteiger partial charge in [0.15, 0.2) is 0 Å². The van der Waals surface area contributed by atoms with E-state index in [2.05, 4.69) is 17.1 Å². The van der Waals surface area contributed by atoms with Gasteiger partial charge in [-0.05, 0) is 24.7 Å². The van der Waals surface area contributed by atoms with Crippen LogP contribution in [0.3, 0.4) is 0 Å². The number of benzene rings is 1. The van der Waals surface area contributed by atoms with Gasteiger partial charge in [0.1, 0.15) is 5.75 Å². The number of nitrogens with zero attached hydrogens (tertiary/aromatic N) is 1. The first-order valence-electron chi connectivity index (χ1n) is 6.70. The molecule has 2 rings (SSSR count). The van der Waals surface area contributed by atoms with Crippen molar-refractivity contribution in [2.75, 3.05) is 32.8 Å². The summed E-state index contributed by atoms with van der Waals surface area (Å²) in [6, 6.07) is 4.40. The number of rotatable bonds is 4. The Morgan fingerprint density at radius 2 is 2.40 bits per heavy atom. The van der Waals surface area contributed by atoms with Crippen molar-refractivity contribution in [2.45, 2.75) is 13.0 Å². The molecule has 1 heterocycles. The molecule has 1 fully saturated rings. The molecule has 110 valence electrons. The van der Waals surface area contributed by atoms with E-state index in [9.17, 15) is 9.90 Å². The van der Waals surface area contributed by atoms with Crippen LogP contribution in [-0.2, 0) is 4.74 Å². The van der Waals surface area contributed by atoms with E-state index in [1.807, 2.05) is 0 Å². The number of carbonyl (C=O) groups is 1. The summed E-state index contributed by atoms with van der Waals surface area (Å²) in [5.41, 5.74) is 0.427. The van der Waals surface area contributed by atoms with Crippen LogP contribution in [0, 0.1) is 0 Å². The number of hydrogen-bond donors (Lipinski definition) is 2. The molecule has 6 heteroatoms. The molecule has 1 amide bonds. The quantitative estimate of drug-likeness (QED) is 0.884. The molecule has 0 aliphatic carbocycles. The van der Waals surface area contributed by atoms with Crippen molar-refractivity contribution in [2.24, 2.45) is 0 Å². The van der Waals surface area contributed by atoms with Crippen LogP contribution in [0.25, 0.3) is 0 Å². The SMILES string of the molecule is CCN1CCOC(CNC(=O)c2ccc(O)c(Cl)c2)C1. The average Bonchev–Trinajstić information content (AvgIpc) is 2.47. The highest BCUT2D eigenvalue weighted by Gasteiger charge is 2.20. The standard InChI is InChI=1S/C14H19ClN2O3/c1-2-17-5-6-20-11(9-17)8-16-14(19)10-3-4-13(18)12(15)7-10/h3-4,7,11,18H,2,5-6,8-9H2,1H3,(H,16,19). The molecule has 0 aromatic heterocycles. The molecule has 0 bridgehead atoms. The Morgan fingerprint density at radius 1 is 1.60 bits per heavy atom. The second kappa shape index (κ2) is 6.92. The third-order valence-electron chi connectivity index (χ3n) is 3.37. The van der Waals surface area contributed by atoms with Gasteiger partial charge in [0.25, 0.3) is 5.91 Å². The lowest BCUT2D eigenvalue weighted by molar-refractivity contribution is -0.0246. The van der Waals surface area contributed by atoms with Crippen LogP contribution in [0.15, 0.2) is 18.2 Å². The van der Waals surface area contributed by atoms with Gasteiger partial charge in [-0.25, -0.2) is 0 Å². The maximum absolute atomic E-state index is 12.0. The first-order valence-corrected chi connectivity index (χ1v) is 7.08. The number of ether oxygens (including phenoxy) is 1. The molecule has 1 saturated heterocycles. The molecule has 1 aromatic carbocycles. The Kier molecular flexibility index (Phi) is 5.23. The third kappa shape index (κ3) is 3.85. The van der Waals surface area contributed by atoms with E-state index in [0.29, 0.717) is 18.7 Å². The fraction of sp³-hybridized carbons (Fsp3) is 0.500. The Morgan fingerprint density at radius 3 is 3.10 bits per heavy atom. The summed E-state index contributed by atoms with van der Waals surface area (Å²) in [6.07, 6.45) is 0.0141. The van der Waals surface area contributed by atoms with E-state index in [-0.39, 0.29) is 22.8 Å². The van der Waals surface area contributed by atoms with Crippen LogP contribution >= 0.6 is 11.6 Å². The van der Waals surface area contributed by atoms with E-state index in [1.165, 1.54) is 18.2 Å². The molecule has 20 heavy (non-hydrogen) atoms. The first kappa shape index (κ1) is 15.1. The maximum Gasteiger partial charge on any atom is 0.251 e. The molecule has 1 unspecified atom stereocenters. The van der Waals surface area contributed by atoms with Crippen LogP contribution in [0.1, 0.15) is 17.3 Å². The summed E-state index contributed by atoms with van der Waals surface area (Å²) in [5.74, 6) is -0.249. The fourth-order valence-electron chi connectivity index (χ4n) is 2.15. The molecule has 1 atom stereocenters. The number of amides is 1. The number of phenols is 1. The molecule has 0 spiro atoms. The Bertz CT molecular complexity index is 481. The van der Waals surface area contributed by atoms with Crippen LogP contribution in [0.4, 0.5) is 0 Å².